The van der Waals surface area contributed by atoms with Gasteiger partial charge in [0.1, 0.15) is 17.5 Å². The summed E-state index contributed by atoms with van der Waals surface area (Å²) in [4.78, 5) is 25.5. The standard InChI is InChI=1S/C34H25Cl3N2O4/c35-23-14-16-29(38-30-17-15-24(36)20-28(30)37)27(19-23)33(40)39-31(34(41)42)18-21-10-12-22(13-11-21)26-8-4-5-9-32(26)43-25-6-2-1-3-7-25/h1-17,19-20,31,38H,18H2,(H,39,40)(H,41,42). The van der Waals surface area contributed by atoms with E-state index in [1.54, 1.807) is 30.3 Å². The Labute approximate surface area is 263 Å². The van der Waals surface area contributed by atoms with Crippen molar-refractivity contribution in [2.24, 2.45) is 0 Å². The maximum atomic E-state index is 13.3. The van der Waals surface area contributed by atoms with Gasteiger partial charge in [-0.15, -0.1) is 0 Å². The Bertz CT molecular complexity index is 1760. The zero-order valence-electron chi connectivity index (χ0n) is 22.6. The Hall–Kier alpha value is -4.49. The number of carbonyl (C=O) groups excluding carboxylic acids is 1. The highest BCUT2D eigenvalue weighted by Crippen LogP contribution is 2.34. The number of benzene rings is 5. The average Bonchev–Trinajstić information content (AvgIpc) is 3.00. The molecule has 1 atom stereocenters. The monoisotopic (exact) mass is 630 g/mol. The number of hydrogen-bond donors (Lipinski definition) is 3. The van der Waals surface area contributed by atoms with Gasteiger partial charge in [-0.3, -0.25) is 4.79 Å². The van der Waals surface area contributed by atoms with Gasteiger partial charge in [0.15, 0.2) is 0 Å². The third-order valence-electron chi connectivity index (χ3n) is 6.59. The van der Waals surface area contributed by atoms with Gasteiger partial charge < -0.3 is 20.5 Å². The van der Waals surface area contributed by atoms with Crippen molar-refractivity contribution >= 4 is 58.1 Å². The molecule has 0 radical (unpaired) electrons. The second-order valence-electron chi connectivity index (χ2n) is 9.62. The first-order valence-corrected chi connectivity index (χ1v) is 14.4. The van der Waals surface area contributed by atoms with Crippen LogP contribution in [-0.4, -0.2) is 23.0 Å². The number of hydrogen-bond acceptors (Lipinski definition) is 4. The van der Waals surface area contributed by atoms with E-state index in [9.17, 15) is 14.7 Å². The third kappa shape index (κ3) is 7.67. The number of rotatable bonds is 10. The van der Waals surface area contributed by atoms with Crippen molar-refractivity contribution < 1.29 is 19.4 Å². The molecule has 1 amide bonds. The number of anilines is 2. The number of carboxylic acid groups (broad SMARTS) is 1. The molecular weight excluding hydrogens is 607 g/mol. The van der Waals surface area contributed by atoms with Gasteiger partial charge in [0.05, 0.1) is 22.0 Å². The number of halogens is 3. The van der Waals surface area contributed by atoms with Gasteiger partial charge in [-0.2, -0.15) is 0 Å². The van der Waals surface area contributed by atoms with Crippen molar-refractivity contribution in [1.82, 2.24) is 5.32 Å². The third-order valence-corrected chi connectivity index (χ3v) is 7.38. The minimum Gasteiger partial charge on any atom is -0.480 e. The van der Waals surface area contributed by atoms with Gasteiger partial charge in [-0.05, 0) is 65.7 Å². The van der Waals surface area contributed by atoms with Crippen LogP contribution in [0.1, 0.15) is 15.9 Å². The van der Waals surface area contributed by atoms with Gasteiger partial charge >= 0.3 is 5.97 Å². The van der Waals surface area contributed by atoms with Gasteiger partial charge in [-0.1, -0.05) is 95.5 Å². The topological polar surface area (TPSA) is 87.7 Å². The van der Waals surface area contributed by atoms with Crippen molar-refractivity contribution in [1.29, 1.82) is 0 Å². The van der Waals surface area contributed by atoms with E-state index in [0.717, 1.165) is 22.4 Å². The lowest BCUT2D eigenvalue weighted by Gasteiger charge is -2.18. The molecule has 0 fully saturated rings. The van der Waals surface area contributed by atoms with E-state index >= 15 is 0 Å². The molecule has 5 rings (SSSR count). The first kappa shape index (κ1) is 30.0. The highest BCUT2D eigenvalue weighted by Gasteiger charge is 2.23. The molecule has 0 spiro atoms. The van der Waals surface area contributed by atoms with Crippen molar-refractivity contribution in [2.45, 2.75) is 12.5 Å². The first-order chi connectivity index (χ1) is 20.8. The van der Waals surface area contributed by atoms with Crippen LogP contribution in [0.5, 0.6) is 11.5 Å². The molecule has 5 aromatic carbocycles. The van der Waals surface area contributed by atoms with Crippen LogP contribution in [0.3, 0.4) is 0 Å². The smallest absolute Gasteiger partial charge is 0.326 e. The Morgan fingerprint density at radius 3 is 2.09 bits per heavy atom. The van der Waals surface area contributed by atoms with Gasteiger partial charge in [-0.25, -0.2) is 4.79 Å². The van der Waals surface area contributed by atoms with E-state index in [0.29, 0.717) is 32.2 Å². The Morgan fingerprint density at radius 2 is 1.40 bits per heavy atom. The molecule has 1 unspecified atom stereocenters. The first-order valence-electron chi connectivity index (χ1n) is 13.2. The van der Waals surface area contributed by atoms with E-state index in [-0.39, 0.29) is 12.0 Å². The molecule has 6 nitrogen and oxygen atoms in total. The largest absolute Gasteiger partial charge is 0.480 e. The zero-order chi connectivity index (χ0) is 30.3. The fourth-order valence-electron chi connectivity index (χ4n) is 4.45. The summed E-state index contributed by atoms with van der Waals surface area (Å²) in [5, 5.41) is 16.8. The number of amides is 1. The number of aliphatic carboxylic acids is 1. The molecule has 0 aliphatic heterocycles. The molecule has 3 N–H and O–H groups in total. The quantitative estimate of drug-likeness (QED) is 0.143. The lowest BCUT2D eigenvalue weighted by Crippen LogP contribution is -2.42. The minimum absolute atomic E-state index is 0.0653. The molecule has 5 aromatic rings. The van der Waals surface area contributed by atoms with Crippen LogP contribution >= 0.6 is 34.8 Å². The molecular formula is C34H25Cl3N2O4. The fraction of sp³-hybridized carbons (Fsp3) is 0.0588. The average molecular weight is 632 g/mol. The molecule has 216 valence electrons. The maximum Gasteiger partial charge on any atom is 0.326 e. The zero-order valence-corrected chi connectivity index (χ0v) is 24.8. The van der Waals surface area contributed by atoms with E-state index < -0.39 is 17.9 Å². The molecule has 0 bridgehead atoms. The van der Waals surface area contributed by atoms with E-state index in [4.69, 9.17) is 39.5 Å². The predicted octanol–water partition coefficient (Wildman–Crippen LogP) is 9.28. The Kier molecular flexibility index (Phi) is 9.52. The van der Waals surface area contributed by atoms with Gasteiger partial charge in [0, 0.05) is 22.0 Å². The van der Waals surface area contributed by atoms with E-state index in [2.05, 4.69) is 10.6 Å². The highest BCUT2D eigenvalue weighted by molar-refractivity contribution is 6.36. The van der Waals surface area contributed by atoms with Crippen LogP contribution in [-0.2, 0) is 11.2 Å². The molecule has 0 heterocycles. The normalized spacial score (nSPS) is 11.4. The molecule has 0 aliphatic carbocycles. The molecule has 43 heavy (non-hydrogen) atoms. The molecule has 0 aromatic heterocycles. The van der Waals surface area contributed by atoms with Crippen LogP contribution in [0.2, 0.25) is 15.1 Å². The summed E-state index contributed by atoms with van der Waals surface area (Å²) in [5.74, 6) is -0.355. The summed E-state index contributed by atoms with van der Waals surface area (Å²) in [6.07, 6.45) is 0.0653. The van der Waals surface area contributed by atoms with E-state index in [1.807, 2.05) is 78.9 Å². The van der Waals surface area contributed by atoms with Crippen LogP contribution in [0.25, 0.3) is 11.1 Å². The maximum absolute atomic E-state index is 13.3. The molecule has 0 saturated heterocycles. The summed E-state index contributed by atoms with van der Waals surface area (Å²) in [7, 11) is 0. The second-order valence-corrected chi connectivity index (χ2v) is 10.9. The molecule has 9 heteroatoms. The molecule has 0 saturated carbocycles. The minimum atomic E-state index is -1.20. The van der Waals surface area contributed by atoms with Crippen LogP contribution in [0, 0.1) is 0 Å². The number of ether oxygens (including phenoxy) is 1. The Balaban J connectivity index is 1.32. The van der Waals surface area contributed by atoms with Gasteiger partial charge in [0.2, 0.25) is 0 Å². The second kappa shape index (κ2) is 13.7. The highest BCUT2D eigenvalue weighted by atomic mass is 35.5. The SMILES string of the molecule is O=C(NC(Cc1ccc(-c2ccccc2Oc2ccccc2)cc1)C(=O)O)c1cc(Cl)ccc1Nc1ccc(Cl)cc1Cl. The Morgan fingerprint density at radius 1 is 0.744 bits per heavy atom. The lowest BCUT2D eigenvalue weighted by atomic mass is 9.99. The van der Waals surface area contributed by atoms with Crippen molar-refractivity contribution in [3.8, 4) is 22.6 Å². The summed E-state index contributed by atoms with van der Waals surface area (Å²) in [5.41, 5.74) is 3.61. The number of carbonyl (C=O) groups is 2. The summed E-state index contributed by atoms with van der Waals surface area (Å²) < 4.78 is 6.09. The van der Waals surface area contributed by atoms with Crippen molar-refractivity contribution in [2.75, 3.05) is 5.32 Å². The lowest BCUT2D eigenvalue weighted by molar-refractivity contribution is -0.139. The number of nitrogens with one attached hydrogen (secondary N) is 2. The van der Waals surface area contributed by atoms with Crippen LogP contribution in [0.4, 0.5) is 11.4 Å². The fourth-order valence-corrected chi connectivity index (χ4v) is 5.08. The predicted molar refractivity (Wildman–Crippen MR) is 172 cm³/mol. The van der Waals surface area contributed by atoms with Crippen molar-refractivity contribution in [3.05, 3.63) is 141 Å². The van der Waals surface area contributed by atoms with Crippen LogP contribution in [0.15, 0.2) is 115 Å². The van der Waals surface area contributed by atoms with Crippen molar-refractivity contribution in [3.63, 3.8) is 0 Å². The van der Waals surface area contributed by atoms with Crippen LogP contribution < -0.4 is 15.4 Å². The summed E-state index contributed by atoms with van der Waals surface area (Å²) >= 11 is 18.5. The summed E-state index contributed by atoms with van der Waals surface area (Å²) in [6, 6.07) is 33.1. The summed E-state index contributed by atoms with van der Waals surface area (Å²) in [6.45, 7) is 0. The number of para-hydroxylation sites is 2. The van der Waals surface area contributed by atoms with Gasteiger partial charge in [0.25, 0.3) is 5.91 Å². The van der Waals surface area contributed by atoms with E-state index in [1.165, 1.54) is 6.07 Å². The number of carboxylic acids is 1. The molecule has 0 aliphatic rings.